The molecule has 4 N–H and O–H groups in total. The quantitative estimate of drug-likeness (QED) is 0.291. The normalized spacial score (nSPS) is 10.3. The van der Waals surface area contributed by atoms with Gasteiger partial charge in [-0.25, -0.2) is 9.13 Å². The van der Waals surface area contributed by atoms with Crippen molar-refractivity contribution in [2.75, 3.05) is 0 Å². The van der Waals surface area contributed by atoms with Crippen LogP contribution in [0.1, 0.15) is 1.43 Å². The fourth-order valence-electron chi connectivity index (χ4n) is 0.139. The predicted octanol–water partition coefficient (Wildman–Crippen LogP) is -4.88. The summed E-state index contributed by atoms with van der Waals surface area (Å²) in [6.07, 6.45) is 0. The SMILES string of the molecule is O=P(O)(O)OP(=O)(O)O.[AlH3].[H-].[Li+].[Ti]. The van der Waals surface area contributed by atoms with Crippen molar-refractivity contribution in [1.29, 1.82) is 0 Å². The molecule has 0 bridgehead atoms. The van der Waals surface area contributed by atoms with Gasteiger partial charge in [0.2, 0.25) is 0 Å². The van der Waals surface area contributed by atoms with Gasteiger partial charge >= 0.3 is 34.5 Å². The van der Waals surface area contributed by atoms with E-state index in [-0.39, 0.29) is 59.4 Å². The predicted molar refractivity (Wildman–Crippen MR) is 36.2 cm³/mol. The molecule has 0 aliphatic carbocycles. The van der Waals surface area contributed by atoms with Crippen LogP contribution >= 0.6 is 15.6 Å². The smallest absolute Gasteiger partial charge is 1.00 e. The minimum absolute atomic E-state index is 0. The molecule has 0 heterocycles. The van der Waals surface area contributed by atoms with E-state index in [1.54, 1.807) is 0 Å². The Morgan fingerprint density at radius 2 is 1.17 bits per heavy atom. The van der Waals surface area contributed by atoms with Gasteiger partial charge in [-0.2, -0.15) is 4.31 Å². The van der Waals surface area contributed by atoms with Crippen LogP contribution in [0, 0.1) is 0 Å². The van der Waals surface area contributed by atoms with E-state index in [2.05, 4.69) is 4.31 Å². The van der Waals surface area contributed by atoms with E-state index in [4.69, 9.17) is 19.6 Å². The number of hydrogen-bond acceptors (Lipinski definition) is 3. The molecule has 0 unspecified atom stereocenters. The summed E-state index contributed by atoms with van der Waals surface area (Å²) in [7, 11) is -10.1. The van der Waals surface area contributed by atoms with Gasteiger partial charge in [-0.3, -0.25) is 0 Å². The van der Waals surface area contributed by atoms with Crippen molar-refractivity contribution >= 4 is 33.0 Å². The molecular weight excluding hydrogens is 256 g/mol. The van der Waals surface area contributed by atoms with Crippen LogP contribution in [-0.4, -0.2) is 36.9 Å². The number of phosphoric acid groups is 2. The zero-order valence-corrected chi connectivity index (χ0v) is 8.76. The topological polar surface area (TPSA) is 124 Å². The Morgan fingerprint density at radius 3 is 1.17 bits per heavy atom. The molecule has 0 aromatic carbocycles. The van der Waals surface area contributed by atoms with Crippen molar-refractivity contribution in [3.63, 3.8) is 0 Å². The fraction of sp³-hybridized carbons (Fsp3) is 0. The third kappa shape index (κ3) is 22.7. The summed E-state index contributed by atoms with van der Waals surface area (Å²) in [6.45, 7) is 0. The summed E-state index contributed by atoms with van der Waals surface area (Å²) < 4.78 is 22.2. The van der Waals surface area contributed by atoms with Gasteiger partial charge in [-0.15, -0.1) is 0 Å². The Labute approximate surface area is 107 Å². The average molecular weight is 264 g/mol. The second-order valence-corrected chi connectivity index (χ2v) is 3.68. The van der Waals surface area contributed by atoms with Crippen LogP contribution in [0.15, 0.2) is 0 Å². The van der Waals surface area contributed by atoms with Crippen LogP contribution in [0.2, 0.25) is 0 Å². The van der Waals surface area contributed by atoms with Crippen molar-refractivity contribution in [1.82, 2.24) is 0 Å². The first kappa shape index (κ1) is 23.7. The van der Waals surface area contributed by atoms with E-state index in [1.807, 2.05) is 0 Å². The van der Waals surface area contributed by atoms with E-state index >= 15 is 0 Å². The van der Waals surface area contributed by atoms with Gasteiger partial charge in [0, 0.05) is 21.7 Å². The van der Waals surface area contributed by atoms with Gasteiger partial charge in [0.25, 0.3) is 0 Å². The summed E-state index contributed by atoms with van der Waals surface area (Å²) >= 11 is 0. The number of rotatable bonds is 2. The second kappa shape index (κ2) is 8.42. The molecule has 0 aliphatic rings. The first-order valence-electron chi connectivity index (χ1n) is 1.53. The third-order valence-electron chi connectivity index (χ3n) is 0.213. The molecule has 0 amide bonds. The maximum Gasteiger partial charge on any atom is 1.00 e. The van der Waals surface area contributed by atoms with Crippen LogP contribution in [0.25, 0.3) is 0 Å². The van der Waals surface area contributed by atoms with Crippen LogP contribution < -0.4 is 18.9 Å². The number of hydrogen-bond donors (Lipinski definition) is 4. The zero-order chi connectivity index (χ0) is 7.71. The molecule has 0 radical (unpaired) electrons. The zero-order valence-electron chi connectivity index (χ0n) is 6.41. The van der Waals surface area contributed by atoms with E-state index in [0.29, 0.717) is 0 Å². The van der Waals surface area contributed by atoms with Crippen LogP contribution in [-0.2, 0) is 35.2 Å². The minimum atomic E-state index is -5.05. The Morgan fingerprint density at radius 1 is 1.00 bits per heavy atom. The van der Waals surface area contributed by atoms with Gasteiger partial charge in [0.15, 0.2) is 17.4 Å². The van der Waals surface area contributed by atoms with E-state index in [0.717, 1.165) is 0 Å². The molecule has 0 atom stereocenters. The maximum absolute atomic E-state index is 9.63. The van der Waals surface area contributed by atoms with Crippen molar-refractivity contribution < 1.29 is 75.0 Å². The molecule has 0 aliphatic heterocycles. The van der Waals surface area contributed by atoms with Crippen LogP contribution in [0.5, 0.6) is 0 Å². The first-order chi connectivity index (χ1) is 3.71. The average Bonchev–Trinajstić information content (AvgIpc) is 1.14. The van der Waals surface area contributed by atoms with Crippen molar-refractivity contribution in [3.05, 3.63) is 0 Å². The standard InChI is InChI=1S/Al.Li.H4O7P2.Ti.4H/c;;1-8(2,3)7-9(4,5)6;;;;;/h;;(H2,1,2,3)(H2,4,5,6);;;;;/q;+1;;;;;;-1. The molecule has 12 heteroatoms. The van der Waals surface area contributed by atoms with Crippen LogP contribution in [0.3, 0.4) is 0 Å². The summed E-state index contributed by atoms with van der Waals surface area (Å²) in [5.41, 5.74) is 0. The Hall–Kier alpha value is 2.10. The summed E-state index contributed by atoms with van der Waals surface area (Å²) in [6, 6.07) is 0. The largest absolute Gasteiger partial charge is 1.00 e. The molecular formula is H8AlLiO7P2Ti. The molecule has 0 saturated carbocycles. The summed E-state index contributed by atoms with van der Waals surface area (Å²) in [5.74, 6) is 0. The molecule has 68 valence electrons. The molecule has 0 rings (SSSR count). The van der Waals surface area contributed by atoms with Crippen LogP contribution in [0.4, 0.5) is 0 Å². The Bertz CT molecular complexity index is 167. The Kier molecular flexibility index (Phi) is 16.6. The molecule has 0 aromatic rings. The Balaban J connectivity index is -0.0000000533. The van der Waals surface area contributed by atoms with Gasteiger partial charge < -0.3 is 21.0 Å². The van der Waals surface area contributed by atoms with Crippen molar-refractivity contribution in [2.24, 2.45) is 0 Å². The third-order valence-corrected chi connectivity index (χ3v) is 1.91. The van der Waals surface area contributed by atoms with Gasteiger partial charge in [-0.1, -0.05) is 0 Å². The molecule has 0 aromatic heterocycles. The second-order valence-electron chi connectivity index (χ2n) is 1.06. The van der Waals surface area contributed by atoms with Gasteiger partial charge in [0.05, 0.1) is 0 Å². The van der Waals surface area contributed by atoms with Gasteiger partial charge in [-0.05, 0) is 0 Å². The monoisotopic (exact) mass is 264 g/mol. The maximum atomic E-state index is 9.63. The summed E-state index contributed by atoms with van der Waals surface area (Å²) in [4.78, 5) is 31.0. The van der Waals surface area contributed by atoms with Crippen molar-refractivity contribution in [3.8, 4) is 0 Å². The summed E-state index contributed by atoms with van der Waals surface area (Å²) in [5, 5.41) is 0. The molecule has 7 nitrogen and oxygen atoms in total. The molecule has 0 fully saturated rings. The van der Waals surface area contributed by atoms with Crippen molar-refractivity contribution in [2.45, 2.75) is 0 Å². The fourth-order valence-corrected chi connectivity index (χ4v) is 1.25. The van der Waals surface area contributed by atoms with Gasteiger partial charge in [0.1, 0.15) is 0 Å². The van der Waals surface area contributed by atoms with E-state index in [9.17, 15) is 9.13 Å². The molecule has 0 spiro atoms. The first-order valence-corrected chi connectivity index (χ1v) is 4.59. The molecule has 0 saturated heterocycles. The minimum Gasteiger partial charge on any atom is -1.00 e. The molecule has 12 heavy (non-hydrogen) atoms. The van der Waals surface area contributed by atoms with E-state index < -0.39 is 15.6 Å². The van der Waals surface area contributed by atoms with E-state index in [1.165, 1.54) is 0 Å².